The Morgan fingerprint density at radius 1 is 1.38 bits per heavy atom. The molecule has 0 saturated carbocycles. The Morgan fingerprint density at radius 3 is 2.12 bits per heavy atom. The largest absolute Gasteiger partial charge is 0.377 e. The Bertz CT molecular complexity index is 312. The number of nitrogens with zero attached hydrogens (tertiary/aromatic N) is 3. The SMILES string of the molecule is CN(C)c1cc[n+](CCS)cc1.O=[N+]([O-])[O-]. The van der Waals surface area contributed by atoms with Crippen molar-refractivity contribution < 1.29 is 9.65 Å². The van der Waals surface area contributed by atoms with Crippen LogP contribution >= 0.6 is 12.6 Å². The molecule has 0 fully saturated rings. The molecule has 0 bridgehead atoms. The van der Waals surface area contributed by atoms with Crippen LogP contribution in [-0.4, -0.2) is 24.9 Å². The molecule has 7 heteroatoms. The van der Waals surface area contributed by atoms with Gasteiger partial charge in [-0.2, -0.15) is 12.6 Å². The van der Waals surface area contributed by atoms with Crippen LogP contribution in [0.2, 0.25) is 0 Å². The summed E-state index contributed by atoms with van der Waals surface area (Å²) in [5, 5.41) is 14.8. The lowest BCUT2D eigenvalue weighted by molar-refractivity contribution is -0.692. The van der Waals surface area contributed by atoms with Gasteiger partial charge in [0.05, 0.1) is 5.09 Å². The van der Waals surface area contributed by atoms with Crippen molar-refractivity contribution in [2.24, 2.45) is 0 Å². The van der Waals surface area contributed by atoms with Crippen molar-refractivity contribution in [2.45, 2.75) is 6.54 Å². The molecule has 0 aliphatic heterocycles. The van der Waals surface area contributed by atoms with Crippen LogP contribution in [0, 0.1) is 15.3 Å². The van der Waals surface area contributed by atoms with Crippen molar-refractivity contribution in [1.29, 1.82) is 0 Å². The van der Waals surface area contributed by atoms with E-state index in [4.69, 9.17) is 15.3 Å². The first-order valence-corrected chi connectivity index (χ1v) is 5.19. The highest BCUT2D eigenvalue weighted by atomic mass is 32.1. The number of hydrogen-bond donors (Lipinski definition) is 1. The number of aryl methyl sites for hydroxylation is 1. The van der Waals surface area contributed by atoms with Crippen LogP contribution in [-0.2, 0) is 6.54 Å². The molecule has 0 atom stereocenters. The van der Waals surface area contributed by atoms with Crippen LogP contribution in [0.15, 0.2) is 24.5 Å². The summed E-state index contributed by atoms with van der Waals surface area (Å²) in [5.74, 6) is 0.881. The molecule has 90 valence electrons. The molecule has 16 heavy (non-hydrogen) atoms. The molecule has 1 rings (SSSR count). The summed E-state index contributed by atoms with van der Waals surface area (Å²) >= 11 is 4.17. The average molecular weight is 245 g/mol. The van der Waals surface area contributed by atoms with Gasteiger partial charge in [-0.05, 0) is 0 Å². The van der Waals surface area contributed by atoms with Gasteiger partial charge >= 0.3 is 0 Å². The third-order valence-corrected chi connectivity index (χ3v) is 1.95. The minimum Gasteiger partial charge on any atom is -0.377 e. The summed E-state index contributed by atoms with van der Waals surface area (Å²) in [5.41, 5.74) is 1.23. The first-order valence-electron chi connectivity index (χ1n) is 4.56. The first-order chi connectivity index (χ1) is 7.47. The van der Waals surface area contributed by atoms with Gasteiger partial charge in [0.2, 0.25) is 0 Å². The van der Waals surface area contributed by atoms with Gasteiger partial charge in [-0.15, -0.1) is 0 Å². The van der Waals surface area contributed by atoms with Crippen molar-refractivity contribution in [3.8, 4) is 0 Å². The van der Waals surface area contributed by atoms with Gasteiger partial charge in [-0.1, -0.05) is 0 Å². The average Bonchev–Trinajstić information content (AvgIpc) is 2.18. The second-order valence-electron chi connectivity index (χ2n) is 3.14. The van der Waals surface area contributed by atoms with E-state index in [0.717, 1.165) is 12.3 Å². The molecule has 6 nitrogen and oxygen atoms in total. The van der Waals surface area contributed by atoms with Crippen molar-refractivity contribution in [2.75, 3.05) is 24.7 Å². The smallest absolute Gasteiger partial charge is 0.170 e. The van der Waals surface area contributed by atoms with Crippen LogP contribution in [0.3, 0.4) is 0 Å². The monoisotopic (exact) mass is 245 g/mol. The van der Waals surface area contributed by atoms with E-state index >= 15 is 0 Å². The van der Waals surface area contributed by atoms with E-state index in [1.165, 1.54) is 5.69 Å². The molecule has 0 aliphatic rings. The van der Waals surface area contributed by atoms with Crippen LogP contribution < -0.4 is 9.47 Å². The highest BCUT2D eigenvalue weighted by molar-refractivity contribution is 7.80. The quantitative estimate of drug-likeness (QED) is 0.369. The maximum absolute atomic E-state index is 8.25. The van der Waals surface area contributed by atoms with E-state index in [9.17, 15) is 0 Å². The van der Waals surface area contributed by atoms with Crippen LogP contribution in [0.5, 0.6) is 0 Å². The van der Waals surface area contributed by atoms with Crippen LogP contribution in [0.4, 0.5) is 5.69 Å². The number of pyridine rings is 1. The summed E-state index contributed by atoms with van der Waals surface area (Å²) in [6.45, 7) is 0.969. The van der Waals surface area contributed by atoms with E-state index < -0.39 is 5.09 Å². The van der Waals surface area contributed by atoms with Gasteiger partial charge < -0.3 is 20.2 Å². The molecule has 1 heterocycles. The Balaban J connectivity index is 0.000000487. The number of hydrogen-bond acceptors (Lipinski definition) is 5. The van der Waals surface area contributed by atoms with E-state index in [1.54, 1.807) is 0 Å². The van der Waals surface area contributed by atoms with Gasteiger partial charge in [0.25, 0.3) is 0 Å². The summed E-state index contributed by atoms with van der Waals surface area (Å²) in [6.07, 6.45) is 4.15. The van der Waals surface area contributed by atoms with Crippen molar-refractivity contribution in [3.63, 3.8) is 0 Å². The predicted molar refractivity (Wildman–Crippen MR) is 65.2 cm³/mol. The first kappa shape index (κ1) is 14.5. The molecule has 0 amide bonds. The molecule has 1 aromatic rings. The lowest BCUT2D eigenvalue weighted by Gasteiger charge is -2.10. The molecular weight excluding hydrogens is 230 g/mol. The van der Waals surface area contributed by atoms with Gasteiger partial charge in [0.15, 0.2) is 18.9 Å². The zero-order valence-electron chi connectivity index (χ0n) is 9.24. The fourth-order valence-electron chi connectivity index (χ4n) is 1.01. The fourth-order valence-corrected chi connectivity index (χ4v) is 1.24. The molecule has 1 aromatic heterocycles. The summed E-state index contributed by atoms with van der Waals surface area (Å²) in [4.78, 5) is 10.3. The molecule has 0 saturated heterocycles. The minimum atomic E-state index is -1.75. The number of anilines is 1. The fraction of sp³-hybridized carbons (Fsp3) is 0.444. The second kappa shape index (κ2) is 7.75. The van der Waals surface area contributed by atoms with E-state index in [1.807, 2.05) is 14.1 Å². The second-order valence-corrected chi connectivity index (χ2v) is 3.58. The summed E-state index contributed by atoms with van der Waals surface area (Å²) in [6, 6.07) is 4.20. The van der Waals surface area contributed by atoms with Gasteiger partial charge in [-0.3, -0.25) is 0 Å². The van der Waals surface area contributed by atoms with E-state index in [2.05, 4.69) is 46.6 Å². The van der Waals surface area contributed by atoms with Crippen molar-refractivity contribution in [3.05, 3.63) is 39.8 Å². The van der Waals surface area contributed by atoms with Gasteiger partial charge in [0, 0.05) is 37.7 Å². The predicted octanol–water partition coefficient (Wildman–Crippen LogP) is 0.731. The Labute approximate surface area is 99.6 Å². The zero-order valence-corrected chi connectivity index (χ0v) is 10.1. The Morgan fingerprint density at radius 2 is 1.81 bits per heavy atom. The molecular formula is C9H15N3O3S. The third kappa shape index (κ3) is 6.88. The van der Waals surface area contributed by atoms with Crippen molar-refractivity contribution in [1.82, 2.24) is 0 Å². The number of rotatable bonds is 3. The van der Waals surface area contributed by atoms with Gasteiger partial charge in [-0.25, -0.2) is 4.57 Å². The van der Waals surface area contributed by atoms with Crippen LogP contribution in [0.1, 0.15) is 0 Å². The maximum Gasteiger partial charge on any atom is 0.170 e. The van der Waals surface area contributed by atoms with E-state index in [-0.39, 0.29) is 0 Å². The lowest BCUT2D eigenvalue weighted by atomic mass is 10.4. The lowest BCUT2D eigenvalue weighted by Crippen LogP contribution is -2.33. The molecule has 0 aromatic carbocycles. The summed E-state index contributed by atoms with van der Waals surface area (Å²) in [7, 11) is 4.08. The molecule has 0 spiro atoms. The standard InChI is InChI=1S/C9H14N2S.NO3/c1-10(2)9-3-5-11(6-4-9)7-8-12;2-1(3)4/h3-6H,7-8H2,1-2H3;/q;-1/p+1. The van der Waals surface area contributed by atoms with E-state index in [0.29, 0.717) is 0 Å². The molecule has 0 unspecified atom stereocenters. The molecule has 0 N–H and O–H groups in total. The third-order valence-electron chi connectivity index (χ3n) is 1.75. The minimum absolute atomic E-state index is 0.881. The topological polar surface area (TPSA) is 73.3 Å². The molecule has 0 aliphatic carbocycles. The summed E-state index contributed by atoms with van der Waals surface area (Å²) < 4.78 is 2.12. The van der Waals surface area contributed by atoms with Crippen LogP contribution in [0.25, 0.3) is 0 Å². The zero-order chi connectivity index (χ0) is 12.6. The Kier molecular flexibility index (Phi) is 7.02. The highest BCUT2D eigenvalue weighted by Crippen LogP contribution is 2.05. The van der Waals surface area contributed by atoms with Gasteiger partial charge in [0.1, 0.15) is 0 Å². The maximum atomic E-state index is 8.25. The van der Waals surface area contributed by atoms with Crippen molar-refractivity contribution >= 4 is 18.3 Å². The number of aromatic nitrogens is 1. The normalized spacial score (nSPS) is 8.94. The number of thiol groups is 1. The molecule has 0 radical (unpaired) electrons. The highest BCUT2D eigenvalue weighted by Gasteiger charge is 1.99. The Hall–Kier alpha value is -1.50.